The first-order chi connectivity index (χ1) is 13.5. The van der Waals surface area contributed by atoms with Crippen molar-refractivity contribution in [3.63, 3.8) is 0 Å². The highest BCUT2D eigenvalue weighted by Gasteiger charge is 2.35. The van der Waals surface area contributed by atoms with E-state index in [1.54, 1.807) is 0 Å². The molecule has 0 aromatic carbocycles. The molecule has 2 rings (SSSR count). The van der Waals surface area contributed by atoms with Crippen LogP contribution < -0.4 is 0 Å². The highest BCUT2D eigenvalue weighted by molar-refractivity contribution is 5.85. The van der Waals surface area contributed by atoms with E-state index in [0.29, 0.717) is 24.9 Å². The predicted molar refractivity (Wildman–Crippen MR) is 118 cm³/mol. The van der Waals surface area contributed by atoms with Crippen LogP contribution in [-0.4, -0.2) is 44.8 Å². The van der Waals surface area contributed by atoms with Crippen LogP contribution in [-0.2, 0) is 23.2 Å². The number of nitrogens with zero attached hydrogens (tertiary/aromatic N) is 3. The minimum atomic E-state index is 0.0735. The van der Waals surface area contributed by atoms with E-state index < -0.39 is 0 Å². The number of rotatable bonds is 10. The van der Waals surface area contributed by atoms with Gasteiger partial charge in [-0.3, -0.25) is 9.59 Å². The van der Waals surface area contributed by atoms with Crippen molar-refractivity contribution >= 4 is 11.8 Å². The van der Waals surface area contributed by atoms with Crippen molar-refractivity contribution in [2.45, 2.75) is 92.3 Å². The van der Waals surface area contributed by atoms with E-state index in [1.807, 2.05) is 29.1 Å². The Bertz CT molecular complexity index is 685. The maximum absolute atomic E-state index is 13.2. The van der Waals surface area contributed by atoms with Gasteiger partial charge in [-0.25, -0.2) is 0 Å². The van der Waals surface area contributed by atoms with Gasteiger partial charge in [0.2, 0.25) is 11.8 Å². The fraction of sp³-hybridized carbons (Fsp3) is 0.750. The topological polar surface area (TPSA) is 45.6 Å². The van der Waals surface area contributed by atoms with Crippen molar-refractivity contribution in [3.05, 3.63) is 24.0 Å². The molecule has 1 heterocycles. The summed E-state index contributed by atoms with van der Waals surface area (Å²) in [7, 11) is 2.01. The van der Waals surface area contributed by atoms with Crippen LogP contribution in [0.4, 0.5) is 0 Å². The minimum Gasteiger partial charge on any atom is -0.353 e. The zero-order valence-electron chi connectivity index (χ0n) is 19.6. The Kier molecular flexibility index (Phi) is 7.95. The molecule has 1 fully saturated rings. The second kappa shape index (κ2) is 9.82. The third-order valence-corrected chi connectivity index (χ3v) is 5.92. The Balaban J connectivity index is 2.06. The first-order valence-electron chi connectivity index (χ1n) is 11.2. The Morgan fingerprint density at radius 3 is 2.34 bits per heavy atom. The maximum atomic E-state index is 13.2. The summed E-state index contributed by atoms with van der Waals surface area (Å²) in [6.45, 7) is 13.7. The Labute approximate surface area is 177 Å². The van der Waals surface area contributed by atoms with Crippen LogP contribution in [0.5, 0.6) is 0 Å². The van der Waals surface area contributed by atoms with Crippen molar-refractivity contribution in [3.8, 4) is 0 Å². The van der Waals surface area contributed by atoms with Gasteiger partial charge >= 0.3 is 0 Å². The van der Waals surface area contributed by atoms with Crippen molar-refractivity contribution in [1.29, 1.82) is 0 Å². The molecule has 2 amide bonds. The van der Waals surface area contributed by atoms with Crippen LogP contribution in [0.2, 0.25) is 0 Å². The summed E-state index contributed by atoms with van der Waals surface area (Å²) in [4.78, 5) is 30.1. The molecule has 2 atom stereocenters. The summed E-state index contributed by atoms with van der Waals surface area (Å²) in [6.07, 6.45) is 6.51. The molecule has 5 heteroatoms. The SMILES string of the molecule is CCC(C)N(CC(=O)N(Cc1cccn1C)C1CC1)C(=O)CC(C)CC(C)(C)C. The summed E-state index contributed by atoms with van der Waals surface area (Å²) >= 11 is 0. The molecule has 1 aromatic heterocycles. The minimum absolute atomic E-state index is 0.0735. The second-order valence-electron chi connectivity index (χ2n) is 10.2. The van der Waals surface area contributed by atoms with Crippen LogP contribution in [0.3, 0.4) is 0 Å². The molecular formula is C24H41N3O2. The molecule has 0 aliphatic heterocycles. The van der Waals surface area contributed by atoms with Gasteiger partial charge in [0.05, 0.1) is 6.54 Å². The van der Waals surface area contributed by atoms with Gasteiger partial charge in [0.25, 0.3) is 0 Å². The molecule has 1 aliphatic carbocycles. The van der Waals surface area contributed by atoms with Crippen LogP contribution in [0, 0.1) is 11.3 Å². The zero-order valence-corrected chi connectivity index (χ0v) is 19.6. The molecule has 0 spiro atoms. The fourth-order valence-electron chi connectivity index (χ4n) is 4.12. The molecule has 0 bridgehead atoms. The molecular weight excluding hydrogens is 362 g/mol. The fourth-order valence-corrected chi connectivity index (χ4v) is 4.12. The lowest BCUT2D eigenvalue weighted by Crippen LogP contribution is -2.47. The monoisotopic (exact) mass is 403 g/mol. The van der Waals surface area contributed by atoms with Crippen LogP contribution in [0.25, 0.3) is 0 Å². The highest BCUT2D eigenvalue weighted by Crippen LogP contribution is 2.29. The van der Waals surface area contributed by atoms with Crippen LogP contribution >= 0.6 is 0 Å². The van der Waals surface area contributed by atoms with Gasteiger partial charge in [0.15, 0.2) is 0 Å². The van der Waals surface area contributed by atoms with E-state index in [1.165, 1.54) is 0 Å². The molecule has 1 saturated carbocycles. The molecule has 29 heavy (non-hydrogen) atoms. The molecule has 5 nitrogen and oxygen atoms in total. The maximum Gasteiger partial charge on any atom is 0.242 e. The number of amides is 2. The van der Waals surface area contributed by atoms with Gasteiger partial charge in [-0.15, -0.1) is 0 Å². The number of aryl methyl sites for hydroxylation is 1. The van der Waals surface area contributed by atoms with Gasteiger partial charge in [-0.1, -0.05) is 34.6 Å². The quantitative estimate of drug-likeness (QED) is 0.573. The van der Waals surface area contributed by atoms with E-state index >= 15 is 0 Å². The number of hydrogen-bond donors (Lipinski definition) is 0. The van der Waals surface area contributed by atoms with Gasteiger partial charge in [0.1, 0.15) is 6.54 Å². The lowest BCUT2D eigenvalue weighted by molar-refractivity contribution is -0.143. The van der Waals surface area contributed by atoms with Gasteiger partial charge in [-0.05, 0) is 56.1 Å². The van der Waals surface area contributed by atoms with E-state index in [9.17, 15) is 9.59 Å². The van der Waals surface area contributed by atoms with Crippen LogP contribution in [0.15, 0.2) is 18.3 Å². The lowest BCUT2D eigenvalue weighted by Gasteiger charge is -2.33. The summed E-state index contributed by atoms with van der Waals surface area (Å²) in [5.74, 6) is 0.497. The number of aromatic nitrogens is 1. The third kappa shape index (κ3) is 7.20. The van der Waals surface area contributed by atoms with Gasteiger partial charge < -0.3 is 14.4 Å². The lowest BCUT2D eigenvalue weighted by atomic mass is 9.84. The molecule has 1 aromatic rings. The average Bonchev–Trinajstić information content (AvgIpc) is 3.37. The van der Waals surface area contributed by atoms with Crippen molar-refractivity contribution < 1.29 is 9.59 Å². The molecule has 1 aliphatic rings. The normalized spacial score (nSPS) is 16.4. The Morgan fingerprint density at radius 2 is 1.86 bits per heavy atom. The summed E-state index contributed by atoms with van der Waals surface area (Å²) < 4.78 is 2.06. The molecule has 2 unspecified atom stereocenters. The first-order valence-corrected chi connectivity index (χ1v) is 11.2. The Morgan fingerprint density at radius 1 is 1.21 bits per heavy atom. The molecule has 0 N–H and O–H groups in total. The van der Waals surface area contributed by atoms with E-state index in [0.717, 1.165) is 31.4 Å². The second-order valence-corrected chi connectivity index (χ2v) is 10.2. The van der Waals surface area contributed by atoms with Crippen molar-refractivity contribution in [1.82, 2.24) is 14.4 Å². The van der Waals surface area contributed by atoms with Gasteiger partial charge in [0, 0.05) is 37.4 Å². The van der Waals surface area contributed by atoms with Gasteiger partial charge in [-0.2, -0.15) is 0 Å². The summed E-state index contributed by atoms with van der Waals surface area (Å²) in [6, 6.07) is 4.47. The van der Waals surface area contributed by atoms with Crippen molar-refractivity contribution in [2.75, 3.05) is 6.54 Å². The first kappa shape index (κ1) is 23.5. The highest BCUT2D eigenvalue weighted by atomic mass is 16.2. The van der Waals surface area contributed by atoms with E-state index in [2.05, 4.69) is 52.2 Å². The smallest absolute Gasteiger partial charge is 0.242 e. The zero-order chi connectivity index (χ0) is 21.8. The summed E-state index contributed by atoms with van der Waals surface area (Å²) in [5.41, 5.74) is 1.33. The van der Waals surface area contributed by atoms with E-state index in [-0.39, 0.29) is 29.8 Å². The van der Waals surface area contributed by atoms with Crippen LogP contribution in [0.1, 0.15) is 79.3 Å². The summed E-state index contributed by atoms with van der Waals surface area (Å²) in [5, 5.41) is 0. The predicted octanol–water partition coefficient (Wildman–Crippen LogP) is 4.61. The molecule has 0 radical (unpaired) electrons. The standard InChI is InChI=1S/C24H41N3O2/c1-8-19(3)26(22(28)14-18(2)15-24(4,5)6)17-23(29)27(20-11-12-20)16-21-10-9-13-25(21)7/h9-10,13,18-20H,8,11-12,14-17H2,1-7H3. The third-order valence-electron chi connectivity index (χ3n) is 5.92. The largest absolute Gasteiger partial charge is 0.353 e. The average molecular weight is 404 g/mol. The number of hydrogen-bond acceptors (Lipinski definition) is 2. The molecule has 164 valence electrons. The number of carbonyl (C=O) groups is 2. The van der Waals surface area contributed by atoms with E-state index in [4.69, 9.17) is 0 Å². The van der Waals surface area contributed by atoms with Crippen molar-refractivity contribution in [2.24, 2.45) is 18.4 Å². The molecule has 0 saturated heterocycles. The Hall–Kier alpha value is -1.78. The number of carbonyl (C=O) groups excluding carboxylic acids is 2.